The second-order valence-electron chi connectivity index (χ2n) is 3.26. The number of benzene rings is 1. The smallest absolute Gasteiger partial charge is 0.143 e. The van der Waals surface area contributed by atoms with E-state index in [1.807, 2.05) is 0 Å². The summed E-state index contributed by atoms with van der Waals surface area (Å²) in [6.45, 7) is -0.0749. The number of methoxy groups -OCH3 is 1. The maximum Gasteiger partial charge on any atom is 0.143 e. The Kier molecular flexibility index (Phi) is 4.83. The molecule has 0 spiro atoms. The molecule has 6 heteroatoms. The summed E-state index contributed by atoms with van der Waals surface area (Å²) < 4.78 is 5.04. The molecule has 0 aromatic heterocycles. The third kappa shape index (κ3) is 2.78. The molecule has 2 atom stereocenters. The highest BCUT2D eigenvalue weighted by Gasteiger charge is 2.22. The lowest BCUT2D eigenvalue weighted by atomic mass is 10.0. The average Bonchev–Trinajstić information content (AvgIpc) is 2.26. The van der Waals surface area contributed by atoms with Crippen molar-refractivity contribution < 1.29 is 14.9 Å². The molecule has 1 rings (SSSR count). The van der Waals surface area contributed by atoms with Crippen molar-refractivity contribution in [2.45, 2.75) is 12.2 Å². The van der Waals surface area contributed by atoms with Gasteiger partial charge >= 0.3 is 0 Å². The fourth-order valence-electron chi connectivity index (χ4n) is 1.35. The van der Waals surface area contributed by atoms with E-state index in [2.05, 4.69) is 0 Å². The van der Waals surface area contributed by atoms with Crippen LogP contribution in [0.1, 0.15) is 11.7 Å². The van der Waals surface area contributed by atoms with E-state index in [9.17, 15) is 10.2 Å². The summed E-state index contributed by atoms with van der Waals surface area (Å²) in [5.41, 5.74) is 5.58. The molecular formula is C10H13Cl2NO3. The zero-order chi connectivity index (χ0) is 12.3. The maximum absolute atomic E-state index is 9.82. The topological polar surface area (TPSA) is 75.7 Å². The number of aliphatic hydroxyl groups is 2. The third-order valence-corrected chi connectivity index (χ3v) is 2.66. The molecule has 90 valence electrons. The van der Waals surface area contributed by atoms with Crippen LogP contribution >= 0.6 is 23.2 Å². The zero-order valence-corrected chi connectivity index (χ0v) is 10.2. The molecule has 2 unspecified atom stereocenters. The van der Waals surface area contributed by atoms with E-state index >= 15 is 0 Å². The Morgan fingerprint density at radius 3 is 2.50 bits per heavy atom. The largest absolute Gasteiger partial charge is 0.495 e. The van der Waals surface area contributed by atoms with Crippen LogP contribution in [0, 0.1) is 0 Å². The van der Waals surface area contributed by atoms with Crippen LogP contribution in [0.25, 0.3) is 0 Å². The Hall–Kier alpha value is -0.520. The summed E-state index contributed by atoms with van der Waals surface area (Å²) in [5.74, 6) is 0.283. The number of nitrogens with two attached hydrogens (primary N) is 1. The van der Waals surface area contributed by atoms with Gasteiger partial charge in [0.25, 0.3) is 0 Å². The standard InChI is InChI=1S/C10H13Cl2NO3/c1-16-10-6(9(15)8(14)4-13)2-5(11)3-7(10)12/h2-3,8-9,14-15H,4,13H2,1H3. The van der Waals surface area contributed by atoms with Crippen molar-refractivity contribution in [3.05, 3.63) is 27.7 Å². The van der Waals surface area contributed by atoms with Gasteiger partial charge in [-0.2, -0.15) is 0 Å². The van der Waals surface area contributed by atoms with E-state index < -0.39 is 12.2 Å². The molecule has 0 amide bonds. The summed E-state index contributed by atoms with van der Waals surface area (Å²) in [4.78, 5) is 0. The Morgan fingerprint density at radius 2 is 2.00 bits per heavy atom. The molecule has 16 heavy (non-hydrogen) atoms. The Labute approximate surface area is 104 Å². The Morgan fingerprint density at radius 1 is 1.38 bits per heavy atom. The molecule has 4 N–H and O–H groups in total. The highest BCUT2D eigenvalue weighted by molar-refractivity contribution is 6.35. The van der Waals surface area contributed by atoms with Gasteiger partial charge in [0.1, 0.15) is 11.9 Å². The van der Waals surface area contributed by atoms with E-state index in [0.717, 1.165) is 0 Å². The molecule has 0 aliphatic heterocycles. The fourth-order valence-corrected chi connectivity index (χ4v) is 1.94. The molecule has 0 saturated carbocycles. The van der Waals surface area contributed by atoms with Crippen LogP contribution < -0.4 is 10.5 Å². The van der Waals surface area contributed by atoms with Crippen LogP contribution in [0.2, 0.25) is 10.0 Å². The molecule has 1 aromatic rings. The number of hydrogen-bond donors (Lipinski definition) is 3. The maximum atomic E-state index is 9.82. The summed E-state index contributed by atoms with van der Waals surface area (Å²) >= 11 is 11.7. The molecule has 0 heterocycles. The third-order valence-electron chi connectivity index (χ3n) is 2.17. The minimum Gasteiger partial charge on any atom is -0.495 e. The summed E-state index contributed by atoms with van der Waals surface area (Å²) in [6.07, 6.45) is -2.28. The van der Waals surface area contributed by atoms with Gasteiger partial charge in [-0.05, 0) is 12.1 Å². The molecule has 4 nitrogen and oxygen atoms in total. The van der Waals surface area contributed by atoms with Crippen molar-refractivity contribution in [2.75, 3.05) is 13.7 Å². The Balaban J connectivity index is 3.20. The molecule has 0 saturated heterocycles. The molecular weight excluding hydrogens is 253 g/mol. The lowest BCUT2D eigenvalue weighted by Crippen LogP contribution is -2.27. The number of ether oxygens (including phenoxy) is 1. The summed E-state index contributed by atoms with van der Waals surface area (Å²) in [5, 5.41) is 19.9. The van der Waals surface area contributed by atoms with Crippen molar-refractivity contribution in [3.8, 4) is 5.75 Å². The lowest BCUT2D eigenvalue weighted by molar-refractivity contribution is 0.0229. The first-order valence-corrected chi connectivity index (χ1v) is 5.36. The van der Waals surface area contributed by atoms with Crippen molar-refractivity contribution >= 4 is 23.2 Å². The van der Waals surface area contributed by atoms with Crippen molar-refractivity contribution in [1.29, 1.82) is 0 Å². The Bertz CT molecular complexity index is 373. The van der Waals surface area contributed by atoms with Crippen LogP contribution in [-0.4, -0.2) is 30.0 Å². The summed E-state index contributed by atoms with van der Waals surface area (Å²) in [7, 11) is 1.42. The highest BCUT2D eigenvalue weighted by Crippen LogP contribution is 2.36. The zero-order valence-electron chi connectivity index (χ0n) is 8.65. The van der Waals surface area contributed by atoms with Crippen LogP contribution in [0.5, 0.6) is 5.75 Å². The molecule has 0 fully saturated rings. The van der Waals surface area contributed by atoms with Crippen molar-refractivity contribution in [3.63, 3.8) is 0 Å². The van der Waals surface area contributed by atoms with E-state index in [1.54, 1.807) is 0 Å². The average molecular weight is 266 g/mol. The van der Waals surface area contributed by atoms with Gasteiger partial charge < -0.3 is 20.7 Å². The van der Waals surface area contributed by atoms with Gasteiger partial charge in [-0.15, -0.1) is 0 Å². The van der Waals surface area contributed by atoms with Gasteiger partial charge in [-0.1, -0.05) is 23.2 Å². The van der Waals surface area contributed by atoms with E-state index in [0.29, 0.717) is 10.6 Å². The first-order chi connectivity index (χ1) is 7.51. The number of rotatable bonds is 4. The van der Waals surface area contributed by atoms with Crippen LogP contribution in [0.3, 0.4) is 0 Å². The van der Waals surface area contributed by atoms with Gasteiger partial charge in [0.05, 0.1) is 18.2 Å². The van der Waals surface area contributed by atoms with E-state index in [4.69, 9.17) is 33.7 Å². The lowest BCUT2D eigenvalue weighted by Gasteiger charge is -2.19. The fraction of sp³-hybridized carbons (Fsp3) is 0.400. The SMILES string of the molecule is COc1c(Cl)cc(Cl)cc1C(O)C(O)CN. The van der Waals surface area contributed by atoms with E-state index in [1.165, 1.54) is 19.2 Å². The number of hydrogen-bond acceptors (Lipinski definition) is 4. The van der Waals surface area contributed by atoms with Crippen LogP contribution in [0.15, 0.2) is 12.1 Å². The van der Waals surface area contributed by atoms with Gasteiger partial charge in [-0.25, -0.2) is 0 Å². The molecule has 0 bridgehead atoms. The van der Waals surface area contributed by atoms with Gasteiger partial charge in [0.15, 0.2) is 0 Å². The monoisotopic (exact) mass is 265 g/mol. The van der Waals surface area contributed by atoms with Crippen molar-refractivity contribution in [1.82, 2.24) is 0 Å². The second-order valence-corrected chi connectivity index (χ2v) is 4.10. The van der Waals surface area contributed by atoms with Gasteiger partial charge in [0.2, 0.25) is 0 Å². The highest BCUT2D eigenvalue weighted by atomic mass is 35.5. The molecule has 0 aliphatic rings. The predicted octanol–water partition coefficient (Wildman–Crippen LogP) is 1.35. The molecule has 1 aromatic carbocycles. The number of halogens is 2. The van der Waals surface area contributed by atoms with E-state index in [-0.39, 0.29) is 17.3 Å². The number of aliphatic hydroxyl groups excluding tert-OH is 2. The van der Waals surface area contributed by atoms with Crippen LogP contribution in [0.4, 0.5) is 0 Å². The first kappa shape index (κ1) is 13.5. The minimum absolute atomic E-state index is 0.0749. The second kappa shape index (κ2) is 5.70. The first-order valence-electron chi connectivity index (χ1n) is 4.60. The molecule has 0 aliphatic carbocycles. The summed E-state index contributed by atoms with van der Waals surface area (Å²) in [6, 6.07) is 2.98. The van der Waals surface area contributed by atoms with Gasteiger partial charge in [0, 0.05) is 17.1 Å². The molecule has 0 radical (unpaired) electrons. The van der Waals surface area contributed by atoms with Crippen molar-refractivity contribution in [2.24, 2.45) is 5.73 Å². The minimum atomic E-state index is -1.18. The van der Waals surface area contributed by atoms with Gasteiger partial charge in [-0.3, -0.25) is 0 Å². The predicted molar refractivity (Wildman–Crippen MR) is 63.0 cm³/mol. The normalized spacial score (nSPS) is 14.6. The quantitative estimate of drug-likeness (QED) is 0.769. The van der Waals surface area contributed by atoms with Crippen LogP contribution in [-0.2, 0) is 0 Å².